The summed E-state index contributed by atoms with van der Waals surface area (Å²) in [6, 6.07) is 6.97. The van der Waals surface area contributed by atoms with E-state index in [4.69, 9.17) is 15.2 Å². The maximum absolute atomic E-state index is 11.8. The third-order valence-electron chi connectivity index (χ3n) is 3.29. The van der Waals surface area contributed by atoms with Gasteiger partial charge in [-0.1, -0.05) is 12.1 Å². The molecule has 0 unspecified atom stereocenters. The number of rotatable bonds is 8. The van der Waals surface area contributed by atoms with Crippen molar-refractivity contribution in [2.24, 2.45) is 0 Å². The Morgan fingerprint density at radius 3 is 2.71 bits per heavy atom. The lowest BCUT2D eigenvalue weighted by molar-refractivity contribution is 0.0602. The topological polar surface area (TPSA) is 111 Å². The Labute approximate surface area is 140 Å². The van der Waals surface area contributed by atoms with Gasteiger partial charge in [0.1, 0.15) is 12.0 Å². The van der Waals surface area contributed by atoms with E-state index >= 15 is 0 Å². The third-order valence-corrected chi connectivity index (χ3v) is 3.29. The minimum absolute atomic E-state index is 0.370. The van der Waals surface area contributed by atoms with Crippen LogP contribution >= 0.6 is 0 Å². The van der Waals surface area contributed by atoms with E-state index in [0.29, 0.717) is 41.7 Å². The van der Waals surface area contributed by atoms with Crippen molar-refractivity contribution in [1.82, 2.24) is 9.97 Å². The molecule has 0 aliphatic heterocycles. The molecule has 0 saturated heterocycles. The molecule has 0 spiro atoms. The van der Waals surface area contributed by atoms with Gasteiger partial charge in [-0.25, -0.2) is 14.8 Å². The van der Waals surface area contributed by atoms with Crippen LogP contribution in [0.5, 0.6) is 0 Å². The number of methoxy groups -OCH3 is 2. The number of hydrogen-bond donors (Lipinski definition) is 3. The number of para-hydroxylation sites is 1. The second-order valence-corrected chi connectivity index (χ2v) is 4.92. The molecule has 0 bridgehead atoms. The van der Waals surface area contributed by atoms with Gasteiger partial charge in [-0.05, 0) is 18.6 Å². The number of aromatic nitrogens is 2. The summed E-state index contributed by atoms with van der Waals surface area (Å²) in [5.74, 6) is 0.499. The van der Waals surface area contributed by atoms with Gasteiger partial charge in [0.25, 0.3) is 0 Å². The Hall–Kier alpha value is -2.87. The number of esters is 1. The predicted octanol–water partition coefficient (Wildman–Crippen LogP) is 2.04. The summed E-state index contributed by atoms with van der Waals surface area (Å²) in [6.45, 7) is 1.32. The number of carbonyl (C=O) groups excluding carboxylic acids is 1. The number of benzene rings is 1. The number of carbonyl (C=O) groups is 1. The van der Waals surface area contributed by atoms with Crippen LogP contribution < -0.4 is 16.4 Å². The first kappa shape index (κ1) is 17.5. The molecule has 4 N–H and O–H groups in total. The zero-order valence-electron chi connectivity index (χ0n) is 13.7. The number of nitrogens with two attached hydrogens (primary N) is 1. The fourth-order valence-electron chi connectivity index (χ4n) is 2.07. The van der Waals surface area contributed by atoms with Crippen LogP contribution in [-0.4, -0.2) is 43.3 Å². The summed E-state index contributed by atoms with van der Waals surface area (Å²) in [6.07, 6.45) is 2.23. The fourth-order valence-corrected chi connectivity index (χ4v) is 2.07. The quantitative estimate of drug-likeness (QED) is 0.498. The van der Waals surface area contributed by atoms with Gasteiger partial charge in [-0.15, -0.1) is 0 Å². The van der Waals surface area contributed by atoms with Crippen LogP contribution in [0.1, 0.15) is 16.8 Å². The average Bonchev–Trinajstić information content (AvgIpc) is 2.61. The van der Waals surface area contributed by atoms with Crippen molar-refractivity contribution in [3.05, 3.63) is 36.2 Å². The highest BCUT2D eigenvalue weighted by molar-refractivity contribution is 5.97. The van der Waals surface area contributed by atoms with Crippen LogP contribution in [0.15, 0.2) is 30.6 Å². The van der Waals surface area contributed by atoms with Crippen molar-refractivity contribution in [3.8, 4) is 0 Å². The second kappa shape index (κ2) is 8.68. The number of nitrogens with zero attached hydrogens (tertiary/aromatic N) is 2. The van der Waals surface area contributed by atoms with E-state index < -0.39 is 5.97 Å². The Kier molecular flexibility index (Phi) is 6.32. The van der Waals surface area contributed by atoms with Crippen molar-refractivity contribution < 1.29 is 14.3 Å². The van der Waals surface area contributed by atoms with Crippen LogP contribution in [0.3, 0.4) is 0 Å². The summed E-state index contributed by atoms with van der Waals surface area (Å²) in [4.78, 5) is 20.1. The highest BCUT2D eigenvalue weighted by atomic mass is 16.5. The summed E-state index contributed by atoms with van der Waals surface area (Å²) >= 11 is 0. The molecule has 1 aromatic carbocycles. The molecular weight excluding hydrogens is 310 g/mol. The molecule has 2 rings (SSSR count). The maximum Gasteiger partial charge on any atom is 0.339 e. The van der Waals surface area contributed by atoms with Crippen LogP contribution in [0.2, 0.25) is 0 Å². The fraction of sp³-hybridized carbons (Fsp3) is 0.312. The van der Waals surface area contributed by atoms with Gasteiger partial charge in [0, 0.05) is 20.3 Å². The molecule has 8 nitrogen and oxygen atoms in total. The lowest BCUT2D eigenvalue weighted by Gasteiger charge is -2.14. The van der Waals surface area contributed by atoms with E-state index in [1.807, 2.05) is 0 Å². The summed E-state index contributed by atoms with van der Waals surface area (Å²) in [5.41, 5.74) is 7.43. The number of ether oxygens (including phenoxy) is 2. The van der Waals surface area contributed by atoms with Crippen molar-refractivity contribution >= 4 is 29.0 Å². The summed E-state index contributed by atoms with van der Waals surface area (Å²) in [5, 5.41) is 6.19. The van der Waals surface area contributed by atoms with Crippen molar-refractivity contribution in [1.29, 1.82) is 0 Å². The normalized spacial score (nSPS) is 10.2. The highest BCUT2D eigenvalue weighted by Crippen LogP contribution is 2.27. The molecule has 0 fully saturated rings. The molecule has 0 radical (unpaired) electrons. The molecule has 1 heterocycles. The van der Waals surface area contributed by atoms with Crippen LogP contribution in [0.25, 0.3) is 0 Å². The number of anilines is 4. The molecule has 8 heteroatoms. The maximum atomic E-state index is 11.8. The molecule has 0 aliphatic carbocycles. The van der Waals surface area contributed by atoms with E-state index in [-0.39, 0.29) is 0 Å². The Balaban J connectivity index is 2.17. The zero-order chi connectivity index (χ0) is 17.4. The highest BCUT2D eigenvalue weighted by Gasteiger charge is 2.14. The molecule has 128 valence electrons. The Morgan fingerprint density at radius 1 is 1.21 bits per heavy atom. The first-order valence-corrected chi connectivity index (χ1v) is 7.45. The van der Waals surface area contributed by atoms with Gasteiger partial charge in [-0.2, -0.15) is 0 Å². The first-order valence-electron chi connectivity index (χ1n) is 7.45. The minimum Gasteiger partial charge on any atom is -0.465 e. The zero-order valence-corrected chi connectivity index (χ0v) is 13.7. The van der Waals surface area contributed by atoms with Crippen molar-refractivity contribution in [2.75, 3.05) is 43.7 Å². The average molecular weight is 331 g/mol. The van der Waals surface area contributed by atoms with Crippen molar-refractivity contribution in [2.45, 2.75) is 6.42 Å². The standard InChI is InChI=1S/C16H21N5O3/c1-23-9-5-8-18-14-13(17)15(20-10-19-14)21-12-7-4-3-6-11(12)16(22)24-2/h3-4,6-7,10H,5,8-9,17H2,1-2H3,(H2,18,19,20,21). The summed E-state index contributed by atoms with van der Waals surface area (Å²) < 4.78 is 9.78. The molecule has 0 aliphatic rings. The molecule has 24 heavy (non-hydrogen) atoms. The van der Waals surface area contributed by atoms with E-state index in [0.717, 1.165) is 6.42 Å². The molecule has 2 aromatic rings. The molecular formula is C16H21N5O3. The monoisotopic (exact) mass is 331 g/mol. The van der Waals surface area contributed by atoms with E-state index in [2.05, 4.69) is 20.6 Å². The lowest BCUT2D eigenvalue weighted by Crippen LogP contribution is -2.11. The molecule has 1 aromatic heterocycles. The first-order chi connectivity index (χ1) is 11.7. The van der Waals surface area contributed by atoms with Crippen LogP contribution in [0, 0.1) is 0 Å². The van der Waals surface area contributed by atoms with E-state index in [1.54, 1.807) is 31.4 Å². The van der Waals surface area contributed by atoms with Gasteiger partial charge in [0.2, 0.25) is 0 Å². The SMILES string of the molecule is COCCCNc1ncnc(Nc2ccccc2C(=O)OC)c1N. The van der Waals surface area contributed by atoms with Gasteiger partial charge in [0.15, 0.2) is 11.6 Å². The third kappa shape index (κ3) is 4.32. The van der Waals surface area contributed by atoms with Gasteiger partial charge in [-0.3, -0.25) is 0 Å². The Morgan fingerprint density at radius 2 is 1.96 bits per heavy atom. The van der Waals surface area contributed by atoms with Gasteiger partial charge >= 0.3 is 5.97 Å². The Bertz CT molecular complexity index is 693. The minimum atomic E-state index is -0.441. The van der Waals surface area contributed by atoms with Gasteiger partial charge in [0.05, 0.1) is 18.4 Å². The second-order valence-electron chi connectivity index (χ2n) is 4.92. The van der Waals surface area contributed by atoms with E-state index in [9.17, 15) is 4.79 Å². The molecule has 0 amide bonds. The number of hydrogen-bond acceptors (Lipinski definition) is 8. The largest absolute Gasteiger partial charge is 0.465 e. The lowest BCUT2D eigenvalue weighted by atomic mass is 10.2. The van der Waals surface area contributed by atoms with Gasteiger partial charge < -0.3 is 25.8 Å². The number of nitrogens with one attached hydrogen (secondary N) is 2. The van der Waals surface area contributed by atoms with E-state index in [1.165, 1.54) is 13.4 Å². The summed E-state index contributed by atoms with van der Waals surface area (Å²) in [7, 11) is 2.99. The van der Waals surface area contributed by atoms with Crippen molar-refractivity contribution in [3.63, 3.8) is 0 Å². The van der Waals surface area contributed by atoms with Crippen LogP contribution in [-0.2, 0) is 9.47 Å². The smallest absolute Gasteiger partial charge is 0.339 e. The number of nitrogen functional groups attached to an aromatic ring is 1. The predicted molar refractivity (Wildman–Crippen MR) is 92.5 cm³/mol. The molecule has 0 saturated carbocycles. The molecule has 0 atom stereocenters. The van der Waals surface area contributed by atoms with Crippen LogP contribution in [0.4, 0.5) is 23.0 Å².